The van der Waals surface area contributed by atoms with E-state index >= 15 is 0 Å². The Balaban J connectivity index is 1.50. The molecule has 4 rings (SSSR count). The number of nitrogens with one attached hydrogen (secondary N) is 1. The largest absolute Gasteiger partial charge is 0.350 e. The van der Waals surface area contributed by atoms with Crippen molar-refractivity contribution < 1.29 is 18.0 Å². The minimum Gasteiger partial charge on any atom is -0.350 e. The number of carbonyl (C=O) groups is 2. The van der Waals surface area contributed by atoms with Crippen LogP contribution in [0, 0.1) is 13.8 Å². The number of aryl methyl sites for hydroxylation is 1. The quantitative estimate of drug-likeness (QED) is 0.477. The van der Waals surface area contributed by atoms with Gasteiger partial charge in [0.1, 0.15) is 6.54 Å². The summed E-state index contributed by atoms with van der Waals surface area (Å²) in [5.41, 5.74) is 4.10. The molecule has 1 N–H and O–H groups in total. The second kappa shape index (κ2) is 11.0. The van der Waals surface area contributed by atoms with E-state index < -0.39 is 15.9 Å². The molecule has 0 radical (unpaired) electrons. The van der Waals surface area contributed by atoms with Gasteiger partial charge in [-0.25, -0.2) is 8.42 Å². The number of rotatable bonds is 9. The van der Waals surface area contributed by atoms with E-state index in [-0.39, 0.29) is 23.9 Å². The lowest BCUT2D eigenvalue weighted by molar-refractivity contribution is -0.128. The fourth-order valence-electron chi connectivity index (χ4n) is 4.34. The molecule has 1 fully saturated rings. The number of amides is 2. The molecular weight excluding hydrogens is 474 g/mol. The van der Waals surface area contributed by atoms with E-state index in [0.717, 1.165) is 35.2 Å². The lowest BCUT2D eigenvalue weighted by Gasteiger charge is -2.26. The van der Waals surface area contributed by atoms with Crippen molar-refractivity contribution in [2.45, 2.75) is 44.7 Å². The second-order valence-corrected chi connectivity index (χ2v) is 10.9. The molecule has 0 saturated carbocycles. The van der Waals surface area contributed by atoms with E-state index in [4.69, 9.17) is 0 Å². The molecule has 1 aliphatic rings. The smallest absolute Gasteiger partial charge is 0.264 e. The molecule has 0 unspecified atom stereocenters. The number of benzene rings is 3. The average molecular weight is 506 g/mol. The number of nitrogens with zero attached hydrogens (tertiary/aromatic N) is 2. The molecule has 0 aliphatic carbocycles. The van der Waals surface area contributed by atoms with Crippen LogP contribution in [0.15, 0.2) is 77.7 Å². The summed E-state index contributed by atoms with van der Waals surface area (Å²) < 4.78 is 28.3. The van der Waals surface area contributed by atoms with Gasteiger partial charge in [0.05, 0.1) is 10.6 Å². The maximum atomic E-state index is 13.6. The van der Waals surface area contributed by atoms with Crippen LogP contribution < -0.4 is 9.62 Å². The van der Waals surface area contributed by atoms with E-state index in [1.165, 1.54) is 16.4 Å². The van der Waals surface area contributed by atoms with Crippen LogP contribution in [0.4, 0.5) is 5.69 Å². The number of carbonyl (C=O) groups excluding carboxylic acids is 2. The van der Waals surface area contributed by atoms with Crippen LogP contribution in [0.1, 0.15) is 35.1 Å². The van der Waals surface area contributed by atoms with Crippen LogP contribution in [-0.2, 0) is 32.7 Å². The summed E-state index contributed by atoms with van der Waals surface area (Å²) in [7, 11) is -3.96. The Labute approximate surface area is 212 Å². The number of sulfonamides is 1. The standard InChI is InChI=1S/C28H31N3O4S/c1-21-9-6-14-26(22(21)2)31(36(34,35)25-12-4-3-5-13-25)20-27(32)29-18-23-10-7-11-24(17-23)19-30-16-8-15-28(30)33/h3-7,9-14,17H,8,15-16,18-20H2,1-2H3,(H,29,32). The summed E-state index contributed by atoms with van der Waals surface area (Å²) in [4.78, 5) is 26.9. The second-order valence-electron chi connectivity index (χ2n) is 9.06. The number of hydrogen-bond donors (Lipinski definition) is 1. The highest BCUT2D eigenvalue weighted by Gasteiger charge is 2.28. The summed E-state index contributed by atoms with van der Waals surface area (Å²) in [6, 6.07) is 21.3. The van der Waals surface area contributed by atoms with Crippen molar-refractivity contribution in [3.8, 4) is 0 Å². The monoisotopic (exact) mass is 505 g/mol. The Hall–Kier alpha value is -3.65. The Kier molecular flexibility index (Phi) is 7.74. The maximum Gasteiger partial charge on any atom is 0.264 e. The van der Waals surface area contributed by atoms with E-state index in [2.05, 4.69) is 5.32 Å². The van der Waals surface area contributed by atoms with Gasteiger partial charge in [-0.3, -0.25) is 13.9 Å². The minimum absolute atomic E-state index is 0.128. The Morgan fingerprint density at radius 3 is 2.42 bits per heavy atom. The SMILES string of the molecule is Cc1cccc(N(CC(=O)NCc2cccc(CN3CCCC3=O)c2)S(=O)(=O)c2ccccc2)c1C. The summed E-state index contributed by atoms with van der Waals surface area (Å²) in [5.74, 6) is -0.240. The molecule has 1 aliphatic heterocycles. The van der Waals surface area contributed by atoms with Crippen LogP contribution in [-0.4, -0.2) is 38.2 Å². The zero-order valence-corrected chi connectivity index (χ0v) is 21.4. The van der Waals surface area contributed by atoms with Gasteiger partial charge in [-0.2, -0.15) is 0 Å². The molecule has 0 spiro atoms. The molecule has 36 heavy (non-hydrogen) atoms. The van der Waals surface area contributed by atoms with Gasteiger partial charge in [-0.15, -0.1) is 0 Å². The van der Waals surface area contributed by atoms with Crippen molar-refractivity contribution in [1.82, 2.24) is 10.2 Å². The molecule has 3 aromatic carbocycles. The zero-order chi connectivity index (χ0) is 25.7. The predicted octanol–water partition coefficient (Wildman–Crippen LogP) is 3.94. The predicted molar refractivity (Wildman–Crippen MR) is 140 cm³/mol. The van der Waals surface area contributed by atoms with Gasteiger partial charge in [0, 0.05) is 26.1 Å². The molecule has 0 atom stereocenters. The van der Waals surface area contributed by atoms with Crippen molar-refractivity contribution in [2.75, 3.05) is 17.4 Å². The van der Waals surface area contributed by atoms with Crippen LogP contribution in [0.3, 0.4) is 0 Å². The Morgan fingerprint density at radius 1 is 0.972 bits per heavy atom. The van der Waals surface area contributed by atoms with Gasteiger partial charge in [-0.1, -0.05) is 54.6 Å². The van der Waals surface area contributed by atoms with Crippen molar-refractivity contribution in [3.05, 3.63) is 95.1 Å². The van der Waals surface area contributed by atoms with E-state index in [1.54, 1.807) is 30.3 Å². The maximum absolute atomic E-state index is 13.6. The highest BCUT2D eigenvalue weighted by molar-refractivity contribution is 7.92. The van der Waals surface area contributed by atoms with E-state index in [0.29, 0.717) is 18.7 Å². The molecule has 1 heterocycles. The van der Waals surface area contributed by atoms with Crippen LogP contribution in [0.25, 0.3) is 0 Å². The van der Waals surface area contributed by atoms with Crippen molar-refractivity contribution in [1.29, 1.82) is 0 Å². The molecule has 188 valence electrons. The normalized spacial score (nSPS) is 13.6. The van der Waals surface area contributed by atoms with Crippen LogP contribution >= 0.6 is 0 Å². The molecular formula is C28H31N3O4S. The lowest BCUT2D eigenvalue weighted by Crippen LogP contribution is -2.41. The highest BCUT2D eigenvalue weighted by Crippen LogP contribution is 2.28. The lowest BCUT2D eigenvalue weighted by atomic mass is 10.1. The van der Waals surface area contributed by atoms with Crippen LogP contribution in [0.2, 0.25) is 0 Å². The first-order valence-electron chi connectivity index (χ1n) is 12.0. The first-order chi connectivity index (χ1) is 17.3. The van der Waals surface area contributed by atoms with Gasteiger partial charge in [0.25, 0.3) is 10.0 Å². The zero-order valence-electron chi connectivity index (χ0n) is 20.6. The minimum atomic E-state index is -3.96. The number of hydrogen-bond acceptors (Lipinski definition) is 4. The van der Waals surface area contributed by atoms with Crippen LogP contribution in [0.5, 0.6) is 0 Å². The summed E-state index contributed by atoms with van der Waals surface area (Å²) in [5, 5.41) is 2.86. The molecule has 0 bridgehead atoms. The Morgan fingerprint density at radius 2 is 1.69 bits per heavy atom. The summed E-state index contributed by atoms with van der Waals surface area (Å²) in [6.45, 7) is 5.00. The van der Waals surface area contributed by atoms with E-state index in [9.17, 15) is 18.0 Å². The number of likely N-dealkylation sites (tertiary alicyclic amines) is 1. The molecule has 1 saturated heterocycles. The third-order valence-electron chi connectivity index (χ3n) is 6.49. The fraction of sp³-hybridized carbons (Fsp3) is 0.286. The van der Waals surface area contributed by atoms with Gasteiger partial charge in [0.15, 0.2) is 0 Å². The van der Waals surface area contributed by atoms with E-state index in [1.807, 2.05) is 49.1 Å². The highest BCUT2D eigenvalue weighted by atomic mass is 32.2. The van der Waals surface area contributed by atoms with Crippen molar-refractivity contribution >= 4 is 27.5 Å². The third kappa shape index (κ3) is 5.76. The average Bonchev–Trinajstić information content (AvgIpc) is 3.28. The molecule has 3 aromatic rings. The van der Waals surface area contributed by atoms with Gasteiger partial charge < -0.3 is 10.2 Å². The topological polar surface area (TPSA) is 86.8 Å². The molecule has 7 nitrogen and oxygen atoms in total. The first-order valence-corrected chi connectivity index (χ1v) is 13.5. The number of anilines is 1. The first kappa shape index (κ1) is 25.4. The summed E-state index contributed by atoms with van der Waals surface area (Å²) in [6.07, 6.45) is 1.48. The Bertz CT molecular complexity index is 1360. The van der Waals surface area contributed by atoms with Crippen molar-refractivity contribution in [2.24, 2.45) is 0 Å². The van der Waals surface area contributed by atoms with Gasteiger partial charge in [0.2, 0.25) is 11.8 Å². The molecule has 8 heteroatoms. The summed E-state index contributed by atoms with van der Waals surface area (Å²) >= 11 is 0. The van der Waals surface area contributed by atoms with Gasteiger partial charge in [-0.05, 0) is 60.7 Å². The van der Waals surface area contributed by atoms with Crippen molar-refractivity contribution in [3.63, 3.8) is 0 Å². The fourth-order valence-corrected chi connectivity index (χ4v) is 5.84. The molecule has 0 aromatic heterocycles. The molecule has 2 amide bonds. The third-order valence-corrected chi connectivity index (χ3v) is 8.26. The van der Waals surface area contributed by atoms with Gasteiger partial charge >= 0.3 is 0 Å².